The van der Waals surface area contributed by atoms with Crippen LogP contribution in [0.15, 0.2) is 48.5 Å². The van der Waals surface area contributed by atoms with Crippen LogP contribution in [0.3, 0.4) is 0 Å². The molecule has 0 spiro atoms. The minimum atomic E-state index is -0.616. The van der Waals surface area contributed by atoms with E-state index in [1.165, 1.54) is 5.56 Å². The molecule has 3 N–H and O–H groups in total. The maximum Gasteiger partial charge on any atom is 0.265 e. The number of rotatable bonds is 7. The van der Waals surface area contributed by atoms with Crippen molar-refractivity contribution in [2.24, 2.45) is 5.73 Å². The van der Waals surface area contributed by atoms with Crippen LogP contribution in [0.5, 0.6) is 5.75 Å². The van der Waals surface area contributed by atoms with Crippen molar-refractivity contribution in [1.29, 1.82) is 0 Å². The number of benzene rings is 2. The number of nitrogens with two attached hydrogens (primary N) is 1. The molecule has 0 aliphatic rings. The van der Waals surface area contributed by atoms with Gasteiger partial charge >= 0.3 is 0 Å². The number of aryl methyl sites for hydroxylation is 1. The van der Waals surface area contributed by atoms with E-state index < -0.39 is 12.0 Å². The quantitative estimate of drug-likeness (QED) is 0.820. The zero-order valence-corrected chi connectivity index (χ0v) is 13.9. The van der Waals surface area contributed by atoms with Gasteiger partial charge in [0.2, 0.25) is 5.91 Å². The lowest BCUT2D eigenvalue weighted by Gasteiger charge is -2.17. The Balaban J connectivity index is 2.05. The van der Waals surface area contributed by atoms with Gasteiger partial charge in [0.15, 0.2) is 6.10 Å². The summed E-state index contributed by atoms with van der Waals surface area (Å²) in [5.74, 6) is -0.149. The average molecular weight is 326 g/mol. The standard InChI is InChI=1S/C19H22N2O3/c1-3-13-8-10-16(11-9-13)24-17(4-2)19(23)21-15-7-5-6-14(12-15)18(20)22/h5-12,17H,3-4H2,1-2H3,(H2,20,22)(H,21,23). The second-order valence-corrected chi connectivity index (χ2v) is 5.45. The number of primary amides is 1. The first-order valence-electron chi connectivity index (χ1n) is 7.99. The fraction of sp³-hybridized carbons (Fsp3) is 0.263. The third-order valence-corrected chi connectivity index (χ3v) is 3.69. The van der Waals surface area contributed by atoms with Crippen LogP contribution < -0.4 is 15.8 Å². The molecule has 2 aromatic carbocycles. The molecule has 5 heteroatoms. The normalized spacial score (nSPS) is 11.6. The van der Waals surface area contributed by atoms with Crippen LogP contribution in [0.2, 0.25) is 0 Å². The summed E-state index contributed by atoms with van der Waals surface area (Å²) in [6.45, 7) is 3.96. The molecule has 0 aliphatic carbocycles. The van der Waals surface area contributed by atoms with Gasteiger partial charge in [0.1, 0.15) is 5.75 Å². The van der Waals surface area contributed by atoms with Gasteiger partial charge in [-0.25, -0.2) is 0 Å². The van der Waals surface area contributed by atoms with Gasteiger partial charge in [-0.3, -0.25) is 9.59 Å². The largest absolute Gasteiger partial charge is 0.481 e. The Hall–Kier alpha value is -2.82. The van der Waals surface area contributed by atoms with Crippen LogP contribution in [-0.4, -0.2) is 17.9 Å². The molecular formula is C19H22N2O3. The van der Waals surface area contributed by atoms with Gasteiger partial charge < -0.3 is 15.8 Å². The van der Waals surface area contributed by atoms with Crippen LogP contribution in [0.4, 0.5) is 5.69 Å². The smallest absolute Gasteiger partial charge is 0.265 e. The molecule has 0 saturated carbocycles. The Kier molecular flexibility index (Phi) is 5.95. The highest BCUT2D eigenvalue weighted by atomic mass is 16.5. The lowest BCUT2D eigenvalue weighted by atomic mass is 10.1. The second-order valence-electron chi connectivity index (χ2n) is 5.45. The highest BCUT2D eigenvalue weighted by Gasteiger charge is 2.18. The Morgan fingerprint density at radius 1 is 1.12 bits per heavy atom. The first kappa shape index (κ1) is 17.5. The molecule has 2 rings (SSSR count). The van der Waals surface area contributed by atoms with E-state index in [0.29, 0.717) is 23.4 Å². The SMILES string of the molecule is CCc1ccc(OC(CC)C(=O)Nc2cccc(C(N)=O)c2)cc1. The minimum Gasteiger partial charge on any atom is -0.481 e. The van der Waals surface area contributed by atoms with Gasteiger partial charge in [0.05, 0.1) is 0 Å². The highest BCUT2D eigenvalue weighted by Crippen LogP contribution is 2.17. The van der Waals surface area contributed by atoms with E-state index in [0.717, 1.165) is 6.42 Å². The zero-order chi connectivity index (χ0) is 17.5. The Morgan fingerprint density at radius 2 is 1.83 bits per heavy atom. The highest BCUT2D eigenvalue weighted by molar-refractivity contribution is 5.97. The first-order chi connectivity index (χ1) is 11.5. The monoisotopic (exact) mass is 326 g/mol. The summed E-state index contributed by atoms with van der Waals surface area (Å²) in [7, 11) is 0. The fourth-order valence-corrected chi connectivity index (χ4v) is 2.26. The van der Waals surface area contributed by atoms with E-state index in [9.17, 15) is 9.59 Å². The molecule has 1 unspecified atom stereocenters. The predicted octanol–water partition coefficient (Wildman–Crippen LogP) is 3.14. The lowest BCUT2D eigenvalue weighted by Crippen LogP contribution is -2.32. The summed E-state index contributed by atoms with van der Waals surface area (Å²) in [6, 6.07) is 14.2. The van der Waals surface area contributed by atoms with Crippen molar-refractivity contribution in [3.05, 3.63) is 59.7 Å². The predicted molar refractivity (Wildman–Crippen MR) is 94.1 cm³/mol. The van der Waals surface area contributed by atoms with Gasteiger partial charge in [0.25, 0.3) is 5.91 Å². The number of amides is 2. The molecule has 24 heavy (non-hydrogen) atoms. The summed E-state index contributed by atoms with van der Waals surface area (Å²) < 4.78 is 5.77. The molecule has 0 radical (unpaired) electrons. The third-order valence-electron chi connectivity index (χ3n) is 3.69. The van der Waals surface area contributed by atoms with Crippen molar-refractivity contribution in [1.82, 2.24) is 0 Å². The van der Waals surface area contributed by atoms with E-state index in [1.54, 1.807) is 24.3 Å². The van der Waals surface area contributed by atoms with Gasteiger partial charge in [0, 0.05) is 11.3 Å². The maximum absolute atomic E-state index is 12.4. The summed E-state index contributed by atoms with van der Waals surface area (Å²) in [6.07, 6.45) is 0.861. The Bertz CT molecular complexity index is 711. The van der Waals surface area contributed by atoms with Gasteiger partial charge in [-0.15, -0.1) is 0 Å². The van der Waals surface area contributed by atoms with Crippen molar-refractivity contribution in [2.45, 2.75) is 32.8 Å². The molecule has 0 saturated heterocycles. The number of nitrogens with one attached hydrogen (secondary N) is 1. The minimum absolute atomic E-state index is 0.265. The van der Waals surface area contributed by atoms with Crippen LogP contribution in [0.25, 0.3) is 0 Å². The number of hydrogen-bond acceptors (Lipinski definition) is 3. The van der Waals surface area contributed by atoms with E-state index in [2.05, 4.69) is 12.2 Å². The van der Waals surface area contributed by atoms with Crippen LogP contribution in [-0.2, 0) is 11.2 Å². The number of anilines is 1. The summed E-state index contributed by atoms with van der Waals surface area (Å²) in [4.78, 5) is 23.6. The first-order valence-corrected chi connectivity index (χ1v) is 7.99. The van der Waals surface area contributed by atoms with E-state index in [-0.39, 0.29) is 5.91 Å². The van der Waals surface area contributed by atoms with Gasteiger partial charge in [-0.1, -0.05) is 32.0 Å². The molecule has 0 heterocycles. The molecule has 5 nitrogen and oxygen atoms in total. The summed E-state index contributed by atoms with van der Waals surface area (Å²) in [5.41, 5.74) is 7.32. The summed E-state index contributed by atoms with van der Waals surface area (Å²) in [5, 5.41) is 2.76. The van der Waals surface area contributed by atoms with E-state index >= 15 is 0 Å². The molecule has 2 aromatic rings. The number of carbonyl (C=O) groups is 2. The Morgan fingerprint density at radius 3 is 2.42 bits per heavy atom. The second kappa shape index (κ2) is 8.15. The van der Waals surface area contributed by atoms with Gasteiger partial charge in [-0.2, -0.15) is 0 Å². The van der Waals surface area contributed by atoms with Crippen molar-refractivity contribution >= 4 is 17.5 Å². The Labute approximate surface area is 141 Å². The van der Waals surface area contributed by atoms with Crippen LogP contribution >= 0.6 is 0 Å². The molecule has 0 bridgehead atoms. The molecule has 2 amide bonds. The van der Waals surface area contributed by atoms with Crippen molar-refractivity contribution in [3.8, 4) is 5.75 Å². The lowest BCUT2D eigenvalue weighted by molar-refractivity contribution is -0.122. The zero-order valence-electron chi connectivity index (χ0n) is 13.9. The molecule has 1 atom stereocenters. The van der Waals surface area contributed by atoms with E-state index in [1.807, 2.05) is 31.2 Å². The van der Waals surface area contributed by atoms with Gasteiger partial charge in [-0.05, 0) is 48.7 Å². The molecule has 0 aromatic heterocycles. The van der Waals surface area contributed by atoms with Crippen molar-refractivity contribution < 1.29 is 14.3 Å². The molecule has 0 fully saturated rings. The number of hydrogen-bond donors (Lipinski definition) is 2. The maximum atomic E-state index is 12.4. The average Bonchev–Trinajstić information content (AvgIpc) is 2.60. The third kappa shape index (κ3) is 4.59. The molecule has 126 valence electrons. The van der Waals surface area contributed by atoms with Crippen molar-refractivity contribution in [2.75, 3.05) is 5.32 Å². The van der Waals surface area contributed by atoms with Crippen molar-refractivity contribution in [3.63, 3.8) is 0 Å². The topological polar surface area (TPSA) is 81.4 Å². The number of ether oxygens (including phenoxy) is 1. The fourth-order valence-electron chi connectivity index (χ4n) is 2.26. The summed E-state index contributed by atoms with van der Waals surface area (Å²) >= 11 is 0. The van der Waals surface area contributed by atoms with E-state index in [4.69, 9.17) is 10.5 Å². The number of carbonyl (C=O) groups excluding carboxylic acids is 2. The molecular weight excluding hydrogens is 304 g/mol. The van der Waals surface area contributed by atoms with Crippen LogP contribution in [0, 0.1) is 0 Å². The van der Waals surface area contributed by atoms with Crippen LogP contribution in [0.1, 0.15) is 36.2 Å². The molecule has 0 aliphatic heterocycles.